The highest BCUT2D eigenvalue weighted by atomic mass is 16.5. The Labute approximate surface area is 167 Å². The van der Waals surface area contributed by atoms with E-state index in [2.05, 4.69) is 16.0 Å². The van der Waals surface area contributed by atoms with Gasteiger partial charge in [0.15, 0.2) is 0 Å². The molecule has 8 heteroatoms. The van der Waals surface area contributed by atoms with Gasteiger partial charge >= 0.3 is 0 Å². The molecule has 0 amide bonds. The normalized spacial score (nSPS) is 15.5. The van der Waals surface area contributed by atoms with Crippen LogP contribution in [0.3, 0.4) is 0 Å². The van der Waals surface area contributed by atoms with Gasteiger partial charge in [0.25, 0.3) is 5.56 Å². The third-order valence-corrected chi connectivity index (χ3v) is 5.06. The molecule has 29 heavy (non-hydrogen) atoms. The summed E-state index contributed by atoms with van der Waals surface area (Å²) < 4.78 is 9.35. The van der Waals surface area contributed by atoms with Crippen LogP contribution in [0.15, 0.2) is 65.6 Å². The van der Waals surface area contributed by atoms with E-state index in [9.17, 15) is 10.1 Å². The van der Waals surface area contributed by atoms with E-state index in [1.165, 1.54) is 0 Å². The van der Waals surface area contributed by atoms with Gasteiger partial charge < -0.3 is 19.6 Å². The largest absolute Gasteiger partial charge is 0.440 e. The Hall–Kier alpha value is -3.86. The van der Waals surface area contributed by atoms with Crippen molar-refractivity contribution in [3.8, 4) is 11.8 Å². The van der Waals surface area contributed by atoms with Crippen LogP contribution in [0.1, 0.15) is 29.2 Å². The maximum atomic E-state index is 13.4. The molecule has 4 rings (SSSR count). The number of allylic oxidation sites excluding steroid dienone is 1. The van der Waals surface area contributed by atoms with E-state index in [0.29, 0.717) is 17.9 Å². The van der Waals surface area contributed by atoms with Crippen molar-refractivity contribution in [1.29, 1.82) is 5.26 Å². The SMILES string of the molecule is Cc1cc2c(c(=O)n1CCCn1ccnc1)C(c1cccnc1)C(C#N)=C(N)O2. The van der Waals surface area contributed by atoms with Crippen LogP contribution in [0.5, 0.6) is 5.75 Å². The summed E-state index contributed by atoms with van der Waals surface area (Å²) >= 11 is 0. The highest BCUT2D eigenvalue weighted by Crippen LogP contribution is 2.40. The number of nitrogens with zero attached hydrogens (tertiary/aromatic N) is 5. The molecule has 0 saturated carbocycles. The second-order valence-corrected chi connectivity index (χ2v) is 6.89. The minimum atomic E-state index is -0.606. The van der Waals surface area contributed by atoms with E-state index in [-0.39, 0.29) is 17.0 Å². The number of aryl methyl sites for hydroxylation is 2. The van der Waals surface area contributed by atoms with Crippen LogP contribution in [-0.4, -0.2) is 19.1 Å². The third-order valence-electron chi connectivity index (χ3n) is 5.06. The van der Waals surface area contributed by atoms with Crippen LogP contribution in [0.4, 0.5) is 0 Å². The Morgan fingerprint density at radius 1 is 1.31 bits per heavy atom. The van der Waals surface area contributed by atoms with Crippen molar-refractivity contribution in [3.63, 3.8) is 0 Å². The van der Waals surface area contributed by atoms with E-state index < -0.39 is 5.92 Å². The summed E-state index contributed by atoms with van der Waals surface area (Å²) in [6, 6.07) is 7.52. The Morgan fingerprint density at radius 2 is 2.17 bits per heavy atom. The van der Waals surface area contributed by atoms with Crippen molar-refractivity contribution in [2.24, 2.45) is 5.73 Å². The molecule has 0 fully saturated rings. The predicted octanol–water partition coefficient (Wildman–Crippen LogP) is 2.06. The highest BCUT2D eigenvalue weighted by Gasteiger charge is 2.34. The summed E-state index contributed by atoms with van der Waals surface area (Å²) in [5.74, 6) is -0.195. The average Bonchev–Trinajstić information content (AvgIpc) is 3.23. The molecule has 3 aromatic rings. The van der Waals surface area contributed by atoms with E-state index in [1.807, 2.05) is 23.8 Å². The predicted molar refractivity (Wildman–Crippen MR) is 106 cm³/mol. The first-order valence-electron chi connectivity index (χ1n) is 9.27. The Morgan fingerprint density at radius 3 is 2.86 bits per heavy atom. The first kappa shape index (κ1) is 18.5. The molecule has 3 aromatic heterocycles. The number of aromatic nitrogens is 4. The minimum Gasteiger partial charge on any atom is -0.440 e. The van der Waals surface area contributed by atoms with Crippen molar-refractivity contribution in [2.45, 2.75) is 32.4 Å². The topological polar surface area (TPSA) is 112 Å². The molecule has 0 aromatic carbocycles. The van der Waals surface area contributed by atoms with E-state index in [1.54, 1.807) is 41.6 Å². The van der Waals surface area contributed by atoms with Gasteiger partial charge in [0, 0.05) is 49.6 Å². The van der Waals surface area contributed by atoms with Crippen molar-refractivity contribution in [2.75, 3.05) is 0 Å². The zero-order valence-corrected chi connectivity index (χ0v) is 15.9. The van der Waals surface area contributed by atoms with Crippen molar-refractivity contribution < 1.29 is 4.74 Å². The molecule has 4 heterocycles. The van der Waals surface area contributed by atoms with Gasteiger partial charge in [-0.15, -0.1) is 0 Å². The van der Waals surface area contributed by atoms with Crippen LogP contribution in [0.2, 0.25) is 0 Å². The number of imidazole rings is 1. The molecule has 1 unspecified atom stereocenters. The molecular formula is C21H20N6O2. The zero-order valence-electron chi connectivity index (χ0n) is 15.9. The maximum absolute atomic E-state index is 13.4. The fourth-order valence-corrected chi connectivity index (χ4v) is 3.67. The van der Waals surface area contributed by atoms with Gasteiger partial charge in [0.1, 0.15) is 17.4 Å². The van der Waals surface area contributed by atoms with Gasteiger partial charge in [-0.3, -0.25) is 9.78 Å². The molecule has 0 spiro atoms. The van der Waals surface area contributed by atoms with Gasteiger partial charge in [-0.25, -0.2) is 4.98 Å². The lowest BCUT2D eigenvalue weighted by molar-refractivity contribution is 0.387. The number of fused-ring (bicyclic) bond motifs is 1. The molecule has 2 N–H and O–H groups in total. The summed E-state index contributed by atoms with van der Waals surface area (Å²) in [7, 11) is 0. The molecule has 146 valence electrons. The molecule has 0 radical (unpaired) electrons. The van der Waals surface area contributed by atoms with Gasteiger partial charge in [0.2, 0.25) is 5.88 Å². The Balaban J connectivity index is 1.77. The average molecular weight is 388 g/mol. The maximum Gasteiger partial charge on any atom is 0.258 e. The summed E-state index contributed by atoms with van der Waals surface area (Å²) in [5.41, 5.74) is 7.95. The first-order valence-corrected chi connectivity index (χ1v) is 9.27. The van der Waals surface area contributed by atoms with Gasteiger partial charge in [-0.2, -0.15) is 5.26 Å². The molecule has 8 nitrogen and oxygen atoms in total. The number of nitriles is 1. The number of hydrogen-bond donors (Lipinski definition) is 1. The lowest BCUT2D eigenvalue weighted by Gasteiger charge is -2.27. The summed E-state index contributed by atoms with van der Waals surface area (Å²) in [6.07, 6.45) is 9.42. The van der Waals surface area contributed by atoms with Crippen molar-refractivity contribution >= 4 is 0 Å². The minimum absolute atomic E-state index is 0.0190. The summed E-state index contributed by atoms with van der Waals surface area (Å²) in [6.45, 7) is 3.15. The lowest BCUT2D eigenvalue weighted by atomic mass is 9.85. The fourth-order valence-electron chi connectivity index (χ4n) is 3.67. The smallest absolute Gasteiger partial charge is 0.258 e. The Kier molecular flexibility index (Phi) is 4.87. The third kappa shape index (κ3) is 3.38. The fraction of sp³-hybridized carbons (Fsp3) is 0.238. The number of hydrogen-bond acceptors (Lipinski definition) is 6. The van der Waals surface area contributed by atoms with Crippen LogP contribution in [0.25, 0.3) is 0 Å². The van der Waals surface area contributed by atoms with E-state index in [4.69, 9.17) is 10.5 Å². The first-order chi connectivity index (χ1) is 14.1. The second-order valence-electron chi connectivity index (χ2n) is 6.89. The van der Waals surface area contributed by atoms with Crippen LogP contribution < -0.4 is 16.0 Å². The molecule has 1 aliphatic heterocycles. The molecule has 0 aliphatic carbocycles. The molecular weight excluding hydrogens is 368 g/mol. The summed E-state index contributed by atoms with van der Waals surface area (Å²) in [4.78, 5) is 21.6. The van der Waals surface area contributed by atoms with E-state index >= 15 is 0 Å². The summed E-state index contributed by atoms with van der Waals surface area (Å²) in [5, 5.41) is 9.67. The quantitative estimate of drug-likeness (QED) is 0.716. The van der Waals surface area contributed by atoms with Crippen LogP contribution in [-0.2, 0) is 13.1 Å². The molecule has 0 bridgehead atoms. The van der Waals surface area contributed by atoms with Gasteiger partial charge in [-0.1, -0.05) is 6.07 Å². The zero-order chi connectivity index (χ0) is 20.4. The number of ether oxygens (including phenoxy) is 1. The van der Waals surface area contributed by atoms with Crippen LogP contribution >= 0.6 is 0 Å². The van der Waals surface area contributed by atoms with Crippen molar-refractivity contribution in [3.05, 3.63) is 87.9 Å². The van der Waals surface area contributed by atoms with Gasteiger partial charge in [0.05, 0.1) is 17.8 Å². The lowest BCUT2D eigenvalue weighted by Crippen LogP contribution is -2.33. The molecule has 0 saturated heterocycles. The second kappa shape index (κ2) is 7.64. The van der Waals surface area contributed by atoms with E-state index in [0.717, 1.165) is 24.2 Å². The highest BCUT2D eigenvalue weighted by molar-refractivity contribution is 5.54. The monoisotopic (exact) mass is 388 g/mol. The number of rotatable bonds is 5. The van der Waals surface area contributed by atoms with Gasteiger partial charge in [-0.05, 0) is 25.0 Å². The number of pyridine rings is 2. The Bertz CT molecular complexity index is 1160. The molecule has 1 atom stereocenters. The molecule has 1 aliphatic rings. The van der Waals surface area contributed by atoms with Crippen molar-refractivity contribution in [1.82, 2.24) is 19.1 Å². The number of nitrogens with two attached hydrogens (primary N) is 1. The standard InChI is InChI=1S/C21H20N6O2/c1-14-10-17-19(21(28)27(14)8-3-7-26-9-6-25-13-26)18(15-4-2-5-24-12-15)16(11-22)20(23)29-17/h2,4-6,9-10,12-13,18H,3,7-8,23H2,1H3. The van der Waals surface area contributed by atoms with Crippen LogP contribution in [0, 0.1) is 18.3 Å².